The number of fused-ring (bicyclic) bond motifs is 5. The van der Waals surface area contributed by atoms with Gasteiger partial charge in [-0.25, -0.2) is 12.9 Å². The molecule has 43 heavy (non-hydrogen) atoms. The molecule has 6 rings (SSSR count). The van der Waals surface area contributed by atoms with E-state index in [1.165, 1.54) is 35.7 Å². The van der Waals surface area contributed by atoms with Crippen molar-refractivity contribution in [3.05, 3.63) is 83.7 Å². The fourth-order valence-electron chi connectivity index (χ4n) is 5.58. The number of nitrogens with zero attached hydrogens (tertiary/aromatic N) is 6. The number of aromatic nitrogens is 3. The fraction of sp³-hybridized carbons (Fsp3) is 0.310. The summed E-state index contributed by atoms with van der Waals surface area (Å²) in [5.74, 6) is 0.830. The Labute approximate surface area is 248 Å². The van der Waals surface area contributed by atoms with Crippen LogP contribution in [0.2, 0.25) is 0 Å². The molecule has 0 radical (unpaired) electrons. The van der Waals surface area contributed by atoms with E-state index >= 15 is 0 Å². The lowest BCUT2D eigenvalue weighted by molar-refractivity contribution is -0.387. The Balaban J connectivity index is 1.52. The lowest BCUT2D eigenvalue weighted by atomic mass is 10.1. The Morgan fingerprint density at radius 2 is 2.05 bits per heavy atom. The first-order chi connectivity index (χ1) is 20.8. The molecule has 0 spiro atoms. The van der Waals surface area contributed by atoms with Gasteiger partial charge in [0.15, 0.2) is 10.5 Å². The number of methoxy groups -OCH3 is 1. The maximum atomic E-state index is 14.3. The summed E-state index contributed by atoms with van der Waals surface area (Å²) in [4.78, 5) is 17.6. The van der Waals surface area contributed by atoms with Gasteiger partial charge in [0, 0.05) is 55.6 Å². The van der Waals surface area contributed by atoms with E-state index in [1.54, 1.807) is 47.3 Å². The van der Waals surface area contributed by atoms with Gasteiger partial charge in [0.25, 0.3) is 15.7 Å². The van der Waals surface area contributed by atoms with Gasteiger partial charge in [-0.05, 0) is 30.2 Å². The molecule has 2 aliphatic heterocycles. The minimum atomic E-state index is -4.42. The molecule has 1 saturated heterocycles. The van der Waals surface area contributed by atoms with Crippen LogP contribution in [0.3, 0.4) is 0 Å². The van der Waals surface area contributed by atoms with Crippen molar-refractivity contribution < 1.29 is 27.6 Å². The third kappa shape index (κ3) is 5.51. The normalized spacial score (nSPS) is 19.0. The minimum absolute atomic E-state index is 0.00135. The topological polar surface area (TPSA) is 142 Å². The van der Waals surface area contributed by atoms with E-state index in [0.29, 0.717) is 61.1 Å². The van der Waals surface area contributed by atoms with Crippen LogP contribution in [0.1, 0.15) is 6.42 Å². The van der Waals surface area contributed by atoms with E-state index in [4.69, 9.17) is 19.2 Å². The number of rotatable bonds is 7. The standard InChI is InChI=1S/C29H30N6O7S/c1-3-12-41-24-16-22-19-42-28-8-9-33-29(31-28)25(17-30-33)20-13-21(15-23(14-20)40-2)34(11-10-32(22)18-24)43(38,39)27-7-5-4-6-26(27)35(36)37/h3-9,13-15,17,22,24H,1,10-12,16,18-19H2,2H3/t22-,24+/m0/s1. The molecule has 4 aromatic rings. The number of anilines is 1. The largest absolute Gasteiger partial charge is 0.497 e. The van der Waals surface area contributed by atoms with Gasteiger partial charge in [-0.3, -0.25) is 19.3 Å². The smallest absolute Gasteiger partial charge is 0.289 e. The van der Waals surface area contributed by atoms with Gasteiger partial charge in [-0.2, -0.15) is 10.1 Å². The Kier molecular flexibility index (Phi) is 7.73. The van der Waals surface area contributed by atoms with Crippen LogP contribution in [0.15, 0.2) is 78.5 Å². The van der Waals surface area contributed by atoms with Gasteiger partial charge in [-0.1, -0.05) is 18.2 Å². The third-order valence-electron chi connectivity index (χ3n) is 7.65. The van der Waals surface area contributed by atoms with Crippen LogP contribution in [-0.4, -0.2) is 84.9 Å². The van der Waals surface area contributed by atoms with E-state index in [9.17, 15) is 18.5 Å². The molecule has 1 fully saturated rings. The number of ether oxygens (including phenoxy) is 3. The average Bonchev–Trinajstić information content (AvgIpc) is 3.61. The van der Waals surface area contributed by atoms with Crippen LogP contribution in [0, 0.1) is 10.1 Å². The Hall–Kier alpha value is -4.53. The zero-order valence-electron chi connectivity index (χ0n) is 23.4. The van der Waals surface area contributed by atoms with Gasteiger partial charge in [0.2, 0.25) is 5.88 Å². The summed E-state index contributed by atoms with van der Waals surface area (Å²) in [6, 6.07) is 12.1. The van der Waals surface area contributed by atoms with E-state index in [0.717, 1.165) is 0 Å². The molecule has 4 heterocycles. The molecule has 4 bridgehead atoms. The number of nitro benzene ring substituents is 1. The van der Waals surface area contributed by atoms with E-state index in [-0.39, 0.29) is 24.4 Å². The van der Waals surface area contributed by atoms with Gasteiger partial charge >= 0.3 is 0 Å². The molecule has 0 unspecified atom stereocenters. The quantitative estimate of drug-likeness (QED) is 0.174. The SMILES string of the molecule is C=CCO[C@@H]1C[C@H]2COc3ccn4ncc(c4n3)-c3cc(OC)cc(c3)N(S(=O)(=O)c3ccccc3[N+](=O)[O-])CCN2C1. The van der Waals surface area contributed by atoms with Crippen LogP contribution in [-0.2, 0) is 14.8 Å². The highest BCUT2D eigenvalue weighted by Crippen LogP contribution is 2.37. The molecule has 13 nitrogen and oxygen atoms in total. The summed E-state index contributed by atoms with van der Waals surface area (Å²) in [5.41, 5.74) is 1.52. The zero-order chi connectivity index (χ0) is 30.1. The van der Waals surface area contributed by atoms with Crippen molar-refractivity contribution in [3.63, 3.8) is 0 Å². The van der Waals surface area contributed by atoms with Crippen LogP contribution in [0.5, 0.6) is 11.6 Å². The maximum absolute atomic E-state index is 14.3. The molecular formula is C29H30N6O7S. The minimum Gasteiger partial charge on any atom is -0.497 e. The molecule has 0 aliphatic carbocycles. The second-order valence-corrected chi connectivity index (χ2v) is 12.1. The average molecular weight is 607 g/mol. The zero-order valence-corrected chi connectivity index (χ0v) is 24.2. The number of para-hydroxylation sites is 1. The molecule has 14 heteroatoms. The molecule has 0 saturated carbocycles. The van der Waals surface area contributed by atoms with Crippen LogP contribution < -0.4 is 13.8 Å². The summed E-state index contributed by atoms with van der Waals surface area (Å²) < 4.78 is 49.1. The Bertz CT molecular complexity index is 1790. The van der Waals surface area contributed by atoms with Gasteiger partial charge in [-0.15, -0.1) is 6.58 Å². The molecule has 2 aromatic carbocycles. The van der Waals surface area contributed by atoms with Crippen molar-refractivity contribution in [2.75, 3.05) is 44.3 Å². The molecule has 0 amide bonds. The predicted octanol–water partition coefficient (Wildman–Crippen LogP) is 3.55. The van der Waals surface area contributed by atoms with Crippen LogP contribution in [0.4, 0.5) is 11.4 Å². The summed E-state index contributed by atoms with van der Waals surface area (Å²) in [6.07, 6.45) is 5.63. The highest BCUT2D eigenvalue weighted by molar-refractivity contribution is 7.93. The van der Waals surface area contributed by atoms with Gasteiger partial charge in [0.1, 0.15) is 12.4 Å². The van der Waals surface area contributed by atoms with Crippen molar-refractivity contribution in [3.8, 4) is 22.8 Å². The summed E-state index contributed by atoms with van der Waals surface area (Å²) >= 11 is 0. The molecular weight excluding hydrogens is 576 g/mol. The van der Waals surface area contributed by atoms with Crippen molar-refractivity contribution in [1.29, 1.82) is 0 Å². The number of benzene rings is 2. The van der Waals surface area contributed by atoms with Crippen molar-refractivity contribution >= 4 is 27.0 Å². The highest BCUT2D eigenvalue weighted by atomic mass is 32.2. The fourth-order valence-corrected chi connectivity index (χ4v) is 7.18. The lowest BCUT2D eigenvalue weighted by Gasteiger charge is -2.30. The lowest BCUT2D eigenvalue weighted by Crippen LogP contribution is -2.42. The van der Waals surface area contributed by atoms with Crippen molar-refractivity contribution in [2.45, 2.75) is 23.5 Å². The highest BCUT2D eigenvalue weighted by Gasteiger charge is 2.37. The summed E-state index contributed by atoms with van der Waals surface area (Å²) in [7, 11) is -2.93. The number of hydrogen-bond donors (Lipinski definition) is 0. The molecule has 224 valence electrons. The maximum Gasteiger partial charge on any atom is 0.289 e. The van der Waals surface area contributed by atoms with Crippen LogP contribution >= 0.6 is 0 Å². The Morgan fingerprint density at radius 3 is 2.84 bits per heavy atom. The molecule has 2 aliphatic rings. The first-order valence-electron chi connectivity index (χ1n) is 13.7. The number of sulfonamides is 1. The van der Waals surface area contributed by atoms with Crippen LogP contribution in [0.25, 0.3) is 16.8 Å². The van der Waals surface area contributed by atoms with E-state index in [2.05, 4.69) is 16.6 Å². The molecule has 0 N–H and O–H groups in total. The number of hydrogen-bond acceptors (Lipinski definition) is 10. The van der Waals surface area contributed by atoms with E-state index < -0.39 is 25.5 Å². The second-order valence-electron chi connectivity index (χ2n) is 10.3. The molecule has 2 aromatic heterocycles. The summed E-state index contributed by atoms with van der Waals surface area (Å²) in [6.45, 7) is 5.27. The third-order valence-corrected chi connectivity index (χ3v) is 9.53. The summed E-state index contributed by atoms with van der Waals surface area (Å²) in [5, 5.41) is 16.3. The van der Waals surface area contributed by atoms with Crippen molar-refractivity contribution in [1.82, 2.24) is 19.5 Å². The first-order valence-corrected chi connectivity index (χ1v) is 15.1. The van der Waals surface area contributed by atoms with Gasteiger partial charge in [0.05, 0.1) is 36.6 Å². The van der Waals surface area contributed by atoms with E-state index in [1.807, 2.05) is 0 Å². The second kappa shape index (κ2) is 11.6. The predicted molar refractivity (Wildman–Crippen MR) is 158 cm³/mol. The first kappa shape index (κ1) is 28.6. The number of nitro groups is 1. The van der Waals surface area contributed by atoms with Crippen molar-refractivity contribution in [2.24, 2.45) is 0 Å². The molecule has 2 atom stereocenters. The monoisotopic (exact) mass is 606 g/mol. The Morgan fingerprint density at radius 1 is 1.21 bits per heavy atom. The van der Waals surface area contributed by atoms with Gasteiger partial charge < -0.3 is 14.2 Å².